The van der Waals surface area contributed by atoms with E-state index in [-0.39, 0.29) is 6.04 Å². The van der Waals surface area contributed by atoms with Gasteiger partial charge in [-0.05, 0) is 6.42 Å². The summed E-state index contributed by atoms with van der Waals surface area (Å²) >= 11 is 5.95. The summed E-state index contributed by atoms with van der Waals surface area (Å²) < 4.78 is 10.3. The minimum atomic E-state index is 0.0623. The highest BCUT2D eigenvalue weighted by Gasteiger charge is 2.13. The number of methoxy groups -OCH3 is 2. The summed E-state index contributed by atoms with van der Waals surface area (Å²) in [7, 11) is 3.12. The van der Waals surface area contributed by atoms with Gasteiger partial charge in [0.25, 0.3) is 0 Å². The minimum Gasteiger partial charge on any atom is -0.495 e. The first kappa shape index (κ1) is 13.1. The van der Waals surface area contributed by atoms with Crippen molar-refractivity contribution in [1.29, 1.82) is 0 Å². The van der Waals surface area contributed by atoms with Crippen molar-refractivity contribution >= 4 is 11.6 Å². The van der Waals surface area contributed by atoms with Crippen molar-refractivity contribution in [2.24, 2.45) is 5.73 Å². The molecule has 1 rings (SSSR count). The molecule has 0 aliphatic carbocycles. The molecule has 1 aromatic rings. The Morgan fingerprint density at radius 1 is 1.44 bits per heavy atom. The van der Waals surface area contributed by atoms with Crippen LogP contribution in [0.3, 0.4) is 0 Å². The van der Waals surface area contributed by atoms with Gasteiger partial charge in [-0.15, -0.1) is 0 Å². The Labute approximate surface area is 101 Å². The van der Waals surface area contributed by atoms with E-state index < -0.39 is 0 Å². The number of nitrogens with two attached hydrogens (primary N) is 1. The van der Waals surface area contributed by atoms with Gasteiger partial charge in [0.15, 0.2) is 0 Å². The van der Waals surface area contributed by atoms with E-state index in [1.54, 1.807) is 13.2 Å². The predicted molar refractivity (Wildman–Crippen MR) is 64.3 cm³/mol. The largest absolute Gasteiger partial charge is 0.495 e. The third kappa shape index (κ3) is 3.00. The third-order valence-corrected chi connectivity index (χ3v) is 2.65. The summed E-state index contributed by atoms with van der Waals surface area (Å²) in [6.45, 7) is 2.03. The molecule has 4 nitrogen and oxygen atoms in total. The molecule has 0 saturated carbocycles. The monoisotopic (exact) mass is 244 g/mol. The van der Waals surface area contributed by atoms with Crippen LogP contribution in [0.25, 0.3) is 0 Å². The van der Waals surface area contributed by atoms with Crippen LogP contribution in [-0.4, -0.2) is 25.2 Å². The van der Waals surface area contributed by atoms with Gasteiger partial charge in [0.2, 0.25) is 5.88 Å². The predicted octanol–water partition coefficient (Wildman–Crippen LogP) is 2.03. The number of ether oxygens (including phenoxy) is 2. The summed E-state index contributed by atoms with van der Waals surface area (Å²) in [5.74, 6) is 1.05. The normalized spacial score (nSPS) is 12.3. The molecular formula is C11H17ClN2O2. The Bertz CT molecular complexity index is 358. The first-order valence-corrected chi connectivity index (χ1v) is 5.53. The van der Waals surface area contributed by atoms with Gasteiger partial charge in [-0.25, -0.2) is 4.98 Å². The van der Waals surface area contributed by atoms with Crippen LogP contribution in [0.4, 0.5) is 0 Å². The summed E-state index contributed by atoms with van der Waals surface area (Å²) in [6.07, 6.45) is 1.53. The first-order chi connectivity index (χ1) is 7.62. The zero-order valence-corrected chi connectivity index (χ0v) is 10.5. The van der Waals surface area contributed by atoms with Gasteiger partial charge in [-0.1, -0.05) is 18.5 Å². The van der Waals surface area contributed by atoms with Crippen LogP contribution in [0.2, 0.25) is 5.02 Å². The zero-order chi connectivity index (χ0) is 12.1. The lowest BCUT2D eigenvalue weighted by Gasteiger charge is -2.13. The minimum absolute atomic E-state index is 0.0623. The summed E-state index contributed by atoms with van der Waals surface area (Å²) in [5, 5.41) is 0.438. The second-order valence-electron chi connectivity index (χ2n) is 3.50. The fraction of sp³-hybridized carbons (Fsp3) is 0.545. The standard InChI is InChI=1S/C11H17ClN2O2/c1-4-7(13)5-9-10(15-2)6-8(12)11(14-9)16-3/h6-7H,4-5,13H2,1-3H3. The average molecular weight is 245 g/mol. The highest BCUT2D eigenvalue weighted by molar-refractivity contribution is 6.32. The summed E-state index contributed by atoms with van der Waals surface area (Å²) in [6, 6.07) is 1.76. The van der Waals surface area contributed by atoms with Crippen molar-refractivity contribution in [2.45, 2.75) is 25.8 Å². The molecule has 0 radical (unpaired) electrons. The number of hydrogen-bond donors (Lipinski definition) is 1. The molecule has 90 valence electrons. The molecule has 0 fully saturated rings. The van der Waals surface area contributed by atoms with E-state index in [4.69, 9.17) is 26.8 Å². The van der Waals surface area contributed by atoms with E-state index in [9.17, 15) is 0 Å². The van der Waals surface area contributed by atoms with Crippen molar-refractivity contribution in [3.05, 3.63) is 16.8 Å². The van der Waals surface area contributed by atoms with Gasteiger partial charge in [-0.2, -0.15) is 0 Å². The molecule has 16 heavy (non-hydrogen) atoms. The number of hydrogen-bond acceptors (Lipinski definition) is 4. The van der Waals surface area contributed by atoms with Crippen LogP contribution in [0, 0.1) is 0 Å². The molecule has 0 amide bonds. The lowest BCUT2D eigenvalue weighted by Crippen LogP contribution is -2.22. The molecule has 0 saturated heterocycles. The molecule has 0 bridgehead atoms. The molecule has 0 aliphatic heterocycles. The second-order valence-corrected chi connectivity index (χ2v) is 3.91. The highest BCUT2D eigenvalue weighted by atomic mass is 35.5. The quantitative estimate of drug-likeness (QED) is 0.861. The molecule has 1 heterocycles. The number of nitrogens with zero attached hydrogens (tertiary/aromatic N) is 1. The topological polar surface area (TPSA) is 57.4 Å². The van der Waals surface area contributed by atoms with Crippen molar-refractivity contribution in [3.63, 3.8) is 0 Å². The van der Waals surface area contributed by atoms with Crippen LogP contribution in [-0.2, 0) is 6.42 Å². The fourth-order valence-electron chi connectivity index (χ4n) is 1.35. The Morgan fingerprint density at radius 3 is 2.62 bits per heavy atom. The molecule has 0 aromatic carbocycles. The summed E-state index contributed by atoms with van der Waals surface area (Å²) in [4.78, 5) is 4.29. The van der Waals surface area contributed by atoms with E-state index in [2.05, 4.69) is 4.98 Å². The summed E-state index contributed by atoms with van der Waals surface area (Å²) in [5.41, 5.74) is 6.66. The van der Waals surface area contributed by atoms with E-state index >= 15 is 0 Å². The Kier molecular flexibility index (Phi) is 4.83. The smallest absolute Gasteiger partial charge is 0.232 e. The Hall–Kier alpha value is -1.00. The van der Waals surface area contributed by atoms with E-state index in [1.807, 2.05) is 6.92 Å². The molecule has 5 heteroatoms. The third-order valence-electron chi connectivity index (χ3n) is 2.38. The van der Waals surface area contributed by atoms with Crippen LogP contribution >= 0.6 is 11.6 Å². The van der Waals surface area contributed by atoms with Crippen LogP contribution in [0.1, 0.15) is 19.0 Å². The first-order valence-electron chi connectivity index (χ1n) is 5.15. The van der Waals surface area contributed by atoms with E-state index in [0.29, 0.717) is 23.1 Å². The van der Waals surface area contributed by atoms with Gasteiger partial charge in [0.05, 0.1) is 19.9 Å². The lowest BCUT2D eigenvalue weighted by molar-refractivity contribution is 0.380. The average Bonchev–Trinajstić information content (AvgIpc) is 2.30. The SMILES string of the molecule is CCC(N)Cc1nc(OC)c(Cl)cc1OC. The number of aromatic nitrogens is 1. The molecule has 1 atom stereocenters. The van der Waals surface area contributed by atoms with E-state index in [0.717, 1.165) is 12.1 Å². The highest BCUT2D eigenvalue weighted by Crippen LogP contribution is 2.29. The fourth-order valence-corrected chi connectivity index (χ4v) is 1.57. The maximum atomic E-state index is 5.95. The molecular weight excluding hydrogens is 228 g/mol. The van der Waals surface area contributed by atoms with Crippen LogP contribution in [0.15, 0.2) is 6.07 Å². The van der Waals surface area contributed by atoms with Gasteiger partial charge in [-0.3, -0.25) is 0 Å². The van der Waals surface area contributed by atoms with E-state index in [1.165, 1.54) is 7.11 Å². The second kappa shape index (κ2) is 5.92. The van der Waals surface area contributed by atoms with Gasteiger partial charge in [0, 0.05) is 18.5 Å². The van der Waals surface area contributed by atoms with Crippen LogP contribution < -0.4 is 15.2 Å². The maximum Gasteiger partial charge on any atom is 0.232 e. The van der Waals surface area contributed by atoms with Gasteiger partial charge in [0.1, 0.15) is 10.8 Å². The molecule has 1 unspecified atom stereocenters. The zero-order valence-electron chi connectivity index (χ0n) is 9.79. The van der Waals surface area contributed by atoms with Crippen molar-refractivity contribution < 1.29 is 9.47 Å². The van der Waals surface area contributed by atoms with Gasteiger partial charge >= 0.3 is 0 Å². The van der Waals surface area contributed by atoms with Crippen molar-refractivity contribution in [3.8, 4) is 11.6 Å². The molecule has 0 aliphatic rings. The van der Waals surface area contributed by atoms with Crippen molar-refractivity contribution in [2.75, 3.05) is 14.2 Å². The Balaban J connectivity index is 3.04. The molecule has 0 spiro atoms. The number of halogens is 1. The number of pyridine rings is 1. The number of rotatable bonds is 5. The lowest BCUT2D eigenvalue weighted by atomic mass is 10.1. The molecule has 1 aromatic heterocycles. The maximum absolute atomic E-state index is 5.95. The van der Waals surface area contributed by atoms with Crippen LogP contribution in [0.5, 0.6) is 11.6 Å². The molecule has 2 N–H and O–H groups in total. The Morgan fingerprint density at radius 2 is 2.12 bits per heavy atom. The van der Waals surface area contributed by atoms with Crippen molar-refractivity contribution in [1.82, 2.24) is 4.98 Å². The van der Waals surface area contributed by atoms with Gasteiger partial charge < -0.3 is 15.2 Å².